The van der Waals surface area contributed by atoms with Crippen LogP contribution in [0.4, 0.5) is 11.5 Å². The van der Waals surface area contributed by atoms with Gasteiger partial charge in [-0.25, -0.2) is 4.98 Å². The molecule has 3 N–H and O–H groups in total. The van der Waals surface area contributed by atoms with E-state index in [2.05, 4.69) is 15.2 Å². The number of hydrogen-bond donors (Lipinski definition) is 2. The predicted octanol–water partition coefficient (Wildman–Crippen LogP) is 1.53. The Hall–Kier alpha value is -2.30. The third-order valence-corrected chi connectivity index (χ3v) is 3.79. The molecule has 0 radical (unpaired) electrons. The number of amides is 1. The predicted molar refractivity (Wildman–Crippen MR) is 80.6 cm³/mol. The summed E-state index contributed by atoms with van der Waals surface area (Å²) in [4.78, 5) is 18.6. The summed E-state index contributed by atoms with van der Waals surface area (Å²) in [6.07, 6.45) is 1.89. The van der Waals surface area contributed by atoms with Gasteiger partial charge in [-0.2, -0.15) is 0 Å². The van der Waals surface area contributed by atoms with Gasteiger partial charge in [-0.05, 0) is 43.2 Å². The van der Waals surface area contributed by atoms with Gasteiger partial charge in [0.15, 0.2) is 0 Å². The van der Waals surface area contributed by atoms with E-state index in [0.29, 0.717) is 0 Å². The van der Waals surface area contributed by atoms with Gasteiger partial charge in [0.1, 0.15) is 11.9 Å². The molecule has 0 bridgehead atoms. The summed E-state index contributed by atoms with van der Waals surface area (Å²) in [5.41, 5.74) is 7.41. The Morgan fingerprint density at radius 3 is 3.05 bits per heavy atom. The van der Waals surface area contributed by atoms with Crippen molar-refractivity contribution in [3.8, 4) is 0 Å². The van der Waals surface area contributed by atoms with Gasteiger partial charge in [0.05, 0.1) is 5.52 Å². The van der Waals surface area contributed by atoms with Crippen LogP contribution in [0.5, 0.6) is 0 Å². The molecule has 1 unspecified atom stereocenters. The topological polar surface area (TPSA) is 71.2 Å². The van der Waals surface area contributed by atoms with Crippen molar-refractivity contribution in [1.82, 2.24) is 10.3 Å². The zero-order valence-corrected chi connectivity index (χ0v) is 11.5. The number of nitrogens with two attached hydrogens (primary N) is 1. The number of aromatic nitrogens is 1. The molecule has 1 amide bonds. The fraction of sp³-hybridized carbons (Fsp3) is 0.333. The minimum absolute atomic E-state index is 0.0571. The first-order valence-corrected chi connectivity index (χ1v) is 6.83. The number of anilines is 2. The number of hydrogen-bond acceptors (Lipinski definition) is 4. The minimum Gasteiger partial charge on any atom is -0.399 e. The lowest BCUT2D eigenvalue weighted by molar-refractivity contribution is -0.121. The lowest BCUT2D eigenvalue weighted by Crippen LogP contribution is -2.42. The molecule has 1 aliphatic rings. The number of carbonyl (C=O) groups is 1. The van der Waals surface area contributed by atoms with Crippen molar-refractivity contribution < 1.29 is 4.79 Å². The summed E-state index contributed by atoms with van der Waals surface area (Å²) >= 11 is 0. The number of likely N-dealkylation sites (N-methyl/N-ethyl adjacent to an activating group) is 1. The quantitative estimate of drug-likeness (QED) is 0.812. The second-order valence-electron chi connectivity index (χ2n) is 5.09. The van der Waals surface area contributed by atoms with Crippen LogP contribution in [-0.4, -0.2) is 30.5 Å². The highest BCUT2D eigenvalue weighted by atomic mass is 16.2. The zero-order valence-electron chi connectivity index (χ0n) is 11.5. The van der Waals surface area contributed by atoms with Crippen LogP contribution in [0, 0.1) is 0 Å². The van der Waals surface area contributed by atoms with Crippen LogP contribution in [0.25, 0.3) is 10.9 Å². The van der Waals surface area contributed by atoms with E-state index in [0.717, 1.165) is 41.8 Å². The Morgan fingerprint density at radius 1 is 1.40 bits per heavy atom. The summed E-state index contributed by atoms with van der Waals surface area (Å²) in [5.74, 6) is 0.912. The third-order valence-electron chi connectivity index (χ3n) is 3.79. The molecule has 5 nitrogen and oxygen atoms in total. The van der Waals surface area contributed by atoms with Crippen LogP contribution in [0.15, 0.2) is 30.3 Å². The molecule has 5 heteroatoms. The van der Waals surface area contributed by atoms with Crippen molar-refractivity contribution in [2.45, 2.75) is 18.9 Å². The van der Waals surface area contributed by atoms with Gasteiger partial charge in [0.25, 0.3) is 0 Å². The van der Waals surface area contributed by atoms with Crippen molar-refractivity contribution in [1.29, 1.82) is 0 Å². The van der Waals surface area contributed by atoms with Crippen molar-refractivity contribution in [3.63, 3.8) is 0 Å². The smallest absolute Gasteiger partial charge is 0.242 e. The van der Waals surface area contributed by atoms with Crippen LogP contribution in [-0.2, 0) is 4.79 Å². The molecular weight excluding hydrogens is 252 g/mol. The molecule has 1 fully saturated rings. The third kappa shape index (κ3) is 2.15. The number of pyridine rings is 1. The molecule has 20 heavy (non-hydrogen) atoms. The summed E-state index contributed by atoms with van der Waals surface area (Å²) in [5, 5.41) is 3.74. The molecule has 3 rings (SSSR count). The van der Waals surface area contributed by atoms with Crippen molar-refractivity contribution in [3.05, 3.63) is 30.3 Å². The van der Waals surface area contributed by atoms with Gasteiger partial charge in [0.2, 0.25) is 5.91 Å². The standard InChI is InChI=1S/C15H18N4O/c1-17-15(20)13-3-2-8-19(13)14-7-4-10-9-11(16)5-6-12(10)18-14/h4-7,9,13H,2-3,8,16H2,1H3,(H,17,20). The minimum atomic E-state index is -0.112. The number of nitrogens with zero attached hydrogens (tertiary/aromatic N) is 2. The maximum Gasteiger partial charge on any atom is 0.242 e. The van der Waals surface area contributed by atoms with Crippen LogP contribution in [0.3, 0.4) is 0 Å². The molecule has 104 valence electrons. The van der Waals surface area contributed by atoms with E-state index in [-0.39, 0.29) is 11.9 Å². The Bertz CT molecular complexity index is 655. The van der Waals surface area contributed by atoms with Crippen LogP contribution in [0.2, 0.25) is 0 Å². The highest BCUT2D eigenvalue weighted by Gasteiger charge is 2.30. The second-order valence-corrected chi connectivity index (χ2v) is 5.09. The molecular formula is C15H18N4O. The lowest BCUT2D eigenvalue weighted by atomic mass is 10.2. The highest BCUT2D eigenvalue weighted by molar-refractivity contribution is 5.87. The number of nitrogen functional groups attached to an aromatic ring is 1. The van der Waals surface area contributed by atoms with E-state index in [4.69, 9.17) is 5.73 Å². The lowest BCUT2D eigenvalue weighted by Gasteiger charge is -2.24. The molecule has 1 aromatic heterocycles. The fourth-order valence-corrected chi connectivity index (χ4v) is 2.77. The van der Waals surface area contributed by atoms with E-state index in [9.17, 15) is 4.79 Å². The van der Waals surface area contributed by atoms with Crippen LogP contribution in [0.1, 0.15) is 12.8 Å². The van der Waals surface area contributed by atoms with E-state index in [1.807, 2.05) is 30.3 Å². The Balaban J connectivity index is 1.97. The van der Waals surface area contributed by atoms with E-state index >= 15 is 0 Å². The average Bonchev–Trinajstić information content (AvgIpc) is 2.95. The molecule has 1 aromatic carbocycles. The Labute approximate surface area is 117 Å². The number of carbonyl (C=O) groups excluding carboxylic acids is 1. The Kier molecular flexibility index (Phi) is 3.18. The largest absolute Gasteiger partial charge is 0.399 e. The number of benzene rings is 1. The molecule has 1 saturated heterocycles. The van der Waals surface area contributed by atoms with E-state index < -0.39 is 0 Å². The maximum absolute atomic E-state index is 11.9. The summed E-state index contributed by atoms with van der Waals surface area (Å²) in [6.45, 7) is 0.867. The first kappa shape index (κ1) is 12.7. The van der Waals surface area contributed by atoms with Crippen LogP contribution >= 0.6 is 0 Å². The number of rotatable bonds is 2. The van der Waals surface area contributed by atoms with Crippen LogP contribution < -0.4 is 16.0 Å². The van der Waals surface area contributed by atoms with Crippen molar-refractivity contribution in [2.75, 3.05) is 24.2 Å². The van der Waals surface area contributed by atoms with Crippen molar-refractivity contribution in [2.24, 2.45) is 0 Å². The summed E-state index contributed by atoms with van der Waals surface area (Å²) < 4.78 is 0. The number of nitrogens with one attached hydrogen (secondary N) is 1. The van der Waals surface area contributed by atoms with Gasteiger partial charge < -0.3 is 16.0 Å². The van der Waals surface area contributed by atoms with E-state index in [1.54, 1.807) is 7.05 Å². The normalized spacial score (nSPS) is 18.4. The van der Waals surface area contributed by atoms with Gasteiger partial charge in [-0.15, -0.1) is 0 Å². The van der Waals surface area contributed by atoms with Gasteiger partial charge in [0, 0.05) is 24.7 Å². The second kappa shape index (κ2) is 5.00. The van der Waals surface area contributed by atoms with Crippen molar-refractivity contribution >= 4 is 28.3 Å². The first-order chi connectivity index (χ1) is 9.69. The average molecular weight is 270 g/mol. The highest BCUT2D eigenvalue weighted by Crippen LogP contribution is 2.26. The molecule has 2 heterocycles. The monoisotopic (exact) mass is 270 g/mol. The molecule has 0 saturated carbocycles. The molecule has 1 atom stereocenters. The fourth-order valence-electron chi connectivity index (χ4n) is 2.77. The van der Waals surface area contributed by atoms with Gasteiger partial charge in [-0.1, -0.05) is 0 Å². The first-order valence-electron chi connectivity index (χ1n) is 6.83. The summed E-state index contributed by atoms with van der Waals surface area (Å²) in [6, 6.07) is 9.53. The SMILES string of the molecule is CNC(=O)C1CCCN1c1ccc2cc(N)ccc2n1. The summed E-state index contributed by atoms with van der Waals surface area (Å²) in [7, 11) is 1.68. The zero-order chi connectivity index (χ0) is 14.1. The molecule has 0 aliphatic carbocycles. The van der Waals surface area contributed by atoms with Gasteiger partial charge >= 0.3 is 0 Å². The Morgan fingerprint density at radius 2 is 2.25 bits per heavy atom. The maximum atomic E-state index is 11.9. The molecule has 2 aromatic rings. The van der Waals surface area contributed by atoms with Gasteiger partial charge in [-0.3, -0.25) is 4.79 Å². The molecule has 1 aliphatic heterocycles. The number of fused-ring (bicyclic) bond motifs is 1. The molecule has 0 spiro atoms. The van der Waals surface area contributed by atoms with E-state index in [1.165, 1.54) is 0 Å².